The van der Waals surface area contributed by atoms with Crippen LogP contribution in [-0.4, -0.2) is 10.1 Å². The van der Waals surface area contributed by atoms with Gasteiger partial charge >= 0.3 is 5.63 Å². The molecule has 0 bridgehead atoms. The van der Waals surface area contributed by atoms with Crippen molar-refractivity contribution in [1.82, 2.24) is 4.98 Å². The first-order chi connectivity index (χ1) is 20.3. The summed E-state index contributed by atoms with van der Waals surface area (Å²) in [6.07, 6.45) is 2.61. The van der Waals surface area contributed by atoms with Gasteiger partial charge in [-0.15, -0.1) is 11.3 Å². The maximum atomic E-state index is 13.9. The van der Waals surface area contributed by atoms with Gasteiger partial charge in [0.2, 0.25) is 5.43 Å². The van der Waals surface area contributed by atoms with Crippen molar-refractivity contribution in [1.29, 1.82) is 0 Å². The van der Waals surface area contributed by atoms with Gasteiger partial charge in [0.15, 0.2) is 5.43 Å². The Morgan fingerprint density at radius 1 is 0.810 bits per heavy atom. The van der Waals surface area contributed by atoms with Crippen LogP contribution >= 0.6 is 11.3 Å². The van der Waals surface area contributed by atoms with E-state index in [-0.39, 0.29) is 45.1 Å². The summed E-state index contributed by atoms with van der Waals surface area (Å²) in [5, 5.41) is 14.5. The molecule has 0 amide bonds. The van der Waals surface area contributed by atoms with Crippen LogP contribution in [0.15, 0.2) is 100 Å². The maximum Gasteiger partial charge on any atom is 0.336 e. The minimum atomic E-state index is -0.510. The number of hydrogen-bond acceptors (Lipinski definition) is 9. The SMILES string of the molecule is Cc1nc(-c2coc3c(Cc4coc5c(C)c6oc(=O)cc(-c7ccccc7)c6cc5c4=O)c(O)ccc3c2=O)cs1. The van der Waals surface area contributed by atoms with E-state index in [2.05, 4.69) is 4.98 Å². The molecule has 4 aromatic heterocycles. The summed E-state index contributed by atoms with van der Waals surface area (Å²) in [4.78, 5) is 44.0. The van der Waals surface area contributed by atoms with Gasteiger partial charge in [0, 0.05) is 39.9 Å². The van der Waals surface area contributed by atoms with Crippen LogP contribution in [0.25, 0.3) is 55.3 Å². The second kappa shape index (κ2) is 9.67. The summed E-state index contributed by atoms with van der Waals surface area (Å²) in [5.41, 5.74) is 3.02. The molecule has 4 heterocycles. The van der Waals surface area contributed by atoms with E-state index in [9.17, 15) is 19.5 Å². The number of nitrogens with zero attached hydrogens (tertiary/aromatic N) is 1. The molecule has 9 heteroatoms. The van der Waals surface area contributed by atoms with Crippen LogP contribution in [0.5, 0.6) is 5.75 Å². The first-order valence-electron chi connectivity index (χ1n) is 13.1. The fourth-order valence-corrected chi connectivity index (χ4v) is 5.98. The van der Waals surface area contributed by atoms with Crippen molar-refractivity contribution in [3.63, 3.8) is 0 Å². The summed E-state index contributed by atoms with van der Waals surface area (Å²) >= 11 is 1.43. The van der Waals surface area contributed by atoms with Crippen molar-refractivity contribution in [3.05, 3.63) is 125 Å². The molecule has 0 saturated carbocycles. The number of phenolic OH excluding ortho intramolecular Hbond substituents is 1. The zero-order valence-electron chi connectivity index (χ0n) is 22.4. The molecule has 0 unspecified atom stereocenters. The predicted octanol–water partition coefficient (Wildman–Crippen LogP) is 6.71. The fourth-order valence-electron chi connectivity index (χ4n) is 5.37. The third-order valence-corrected chi connectivity index (χ3v) is 8.21. The van der Waals surface area contributed by atoms with Gasteiger partial charge in [-0.3, -0.25) is 9.59 Å². The lowest BCUT2D eigenvalue weighted by Gasteiger charge is -2.11. The number of aryl methyl sites for hydroxylation is 2. The van der Waals surface area contributed by atoms with Crippen LogP contribution in [0.3, 0.4) is 0 Å². The van der Waals surface area contributed by atoms with Gasteiger partial charge in [0.05, 0.1) is 33.3 Å². The van der Waals surface area contributed by atoms with Gasteiger partial charge in [-0.2, -0.15) is 0 Å². The summed E-state index contributed by atoms with van der Waals surface area (Å²) in [6, 6.07) is 15.4. The molecule has 0 fully saturated rings. The van der Waals surface area contributed by atoms with Crippen LogP contribution in [0.1, 0.15) is 21.7 Å². The highest BCUT2D eigenvalue weighted by atomic mass is 32.1. The molecular formula is C33H21NO7S. The highest BCUT2D eigenvalue weighted by Crippen LogP contribution is 2.34. The number of rotatable bonds is 4. The molecule has 0 aliphatic heterocycles. The number of benzene rings is 3. The molecule has 7 aromatic rings. The lowest BCUT2D eigenvalue weighted by Crippen LogP contribution is -2.12. The molecule has 42 heavy (non-hydrogen) atoms. The van der Waals surface area contributed by atoms with Crippen molar-refractivity contribution < 1.29 is 18.4 Å². The molecule has 3 aromatic carbocycles. The van der Waals surface area contributed by atoms with Crippen LogP contribution in [0, 0.1) is 13.8 Å². The van der Waals surface area contributed by atoms with E-state index >= 15 is 0 Å². The van der Waals surface area contributed by atoms with E-state index in [4.69, 9.17) is 13.3 Å². The maximum absolute atomic E-state index is 13.9. The van der Waals surface area contributed by atoms with Crippen LogP contribution < -0.4 is 16.5 Å². The highest BCUT2D eigenvalue weighted by Gasteiger charge is 2.21. The lowest BCUT2D eigenvalue weighted by atomic mass is 9.97. The zero-order chi connectivity index (χ0) is 29.1. The Morgan fingerprint density at radius 3 is 2.36 bits per heavy atom. The standard InChI is InChI=1S/C33H21NO7S/c1-16-31-24(11-22-21(12-28(36)41-32(16)22)18-6-4-3-5-7-18)29(37)19(13-39-31)10-23-27(35)9-8-20-30(38)25(14-40-33(20)23)26-15-42-17(2)34-26/h3-9,11-15,35H,10H2,1-2H3. The van der Waals surface area contributed by atoms with Crippen molar-refractivity contribution in [3.8, 4) is 28.1 Å². The van der Waals surface area contributed by atoms with E-state index in [1.165, 1.54) is 42.1 Å². The molecule has 0 radical (unpaired) electrons. The Kier molecular flexibility index (Phi) is 5.91. The quantitative estimate of drug-likeness (QED) is 0.181. The molecule has 1 N–H and O–H groups in total. The van der Waals surface area contributed by atoms with Crippen LogP contribution in [0.4, 0.5) is 0 Å². The molecule has 0 aliphatic carbocycles. The first kappa shape index (κ1) is 25.7. The topological polar surface area (TPSA) is 124 Å². The minimum Gasteiger partial charge on any atom is -0.508 e. The van der Waals surface area contributed by atoms with Crippen LogP contribution in [-0.2, 0) is 6.42 Å². The Morgan fingerprint density at radius 2 is 1.60 bits per heavy atom. The van der Waals surface area contributed by atoms with Crippen molar-refractivity contribution >= 4 is 44.2 Å². The number of fused-ring (bicyclic) bond motifs is 3. The third kappa shape index (κ3) is 4.05. The number of thiazole rings is 1. The second-order valence-electron chi connectivity index (χ2n) is 10.0. The number of aromatic nitrogens is 1. The van der Waals surface area contributed by atoms with Gasteiger partial charge < -0.3 is 18.4 Å². The van der Waals surface area contributed by atoms with Gasteiger partial charge in [0.25, 0.3) is 0 Å². The van der Waals surface area contributed by atoms with Gasteiger partial charge in [-0.25, -0.2) is 9.78 Å². The van der Waals surface area contributed by atoms with Gasteiger partial charge in [-0.1, -0.05) is 30.3 Å². The van der Waals surface area contributed by atoms with E-state index in [1.807, 2.05) is 37.3 Å². The van der Waals surface area contributed by atoms with Gasteiger partial charge in [-0.05, 0) is 43.2 Å². The number of hydrogen-bond donors (Lipinski definition) is 1. The molecule has 0 atom stereocenters. The average molecular weight is 576 g/mol. The number of phenols is 1. The average Bonchev–Trinajstić information content (AvgIpc) is 3.42. The minimum absolute atomic E-state index is 0.0496. The zero-order valence-corrected chi connectivity index (χ0v) is 23.2. The largest absolute Gasteiger partial charge is 0.508 e. The Labute approximate surface area is 240 Å². The van der Waals surface area contributed by atoms with E-state index < -0.39 is 5.63 Å². The lowest BCUT2D eigenvalue weighted by molar-refractivity contribution is 0.467. The first-order valence-corrected chi connectivity index (χ1v) is 13.9. The fraction of sp³-hybridized carbons (Fsp3) is 0.0909. The summed E-state index contributed by atoms with van der Waals surface area (Å²) in [5.74, 6) is -0.120. The molecule has 7 rings (SSSR count). The molecular weight excluding hydrogens is 554 g/mol. The van der Waals surface area contributed by atoms with E-state index in [0.717, 1.165) is 10.6 Å². The summed E-state index contributed by atoms with van der Waals surface area (Å²) in [6.45, 7) is 3.59. The molecule has 0 saturated heterocycles. The Bertz CT molecular complexity index is 2380. The molecule has 8 nitrogen and oxygen atoms in total. The third-order valence-electron chi connectivity index (χ3n) is 7.44. The smallest absolute Gasteiger partial charge is 0.336 e. The summed E-state index contributed by atoms with van der Waals surface area (Å²) < 4.78 is 17.4. The molecule has 0 spiro atoms. The Balaban J connectivity index is 1.40. The van der Waals surface area contributed by atoms with Crippen molar-refractivity contribution in [2.24, 2.45) is 0 Å². The highest BCUT2D eigenvalue weighted by molar-refractivity contribution is 7.09. The van der Waals surface area contributed by atoms with E-state index in [1.54, 1.807) is 18.4 Å². The predicted molar refractivity (Wildman–Crippen MR) is 161 cm³/mol. The van der Waals surface area contributed by atoms with Crippen LogP contribution in [0.2, 0.25) is 0 Å². The van der Waals surface area contributed by atoms with Crippen molar-refractivity contribution in [2.45, 2.75) is 20.3 Å². The van der Waals surface area contributed by atoms with Gasteiger partial charge in [0.1, 0.15) is 28.8 Å². The summed E-state index contributed by atoms with van der Waals surface area (Å²) in [7, 11) is 0. The Hall–Kier alpha value is -5.28. The number of aromatic hydroxyl groups is 1. The monoisotopic (exact) mass is 575 g/mol. The van der Waals surface area contributed by atoms with E-state index in [0.29, 0.717) is 44.3 Å². The molecule has 0 aliphatic rings. The van der Waals surface area contributed by atoms with Crippen molar-refractivity contribution in [2.75, 3.05) is 0 Å². The second-order valence-corrected chi connectivity index (χ2v) is 11.1. The normalized spacial score (nSPS) is 11.6. The molecule has 206 valence electrons.